The number of ether oxygens (including phenoxy) is 1. The van der Waals surface area contributed by atoms with E-state index in [-0.39, 0.29) is 6.04 Å². The SMILES string of the molecule is COC1CCN(CC(N)c2ccccc2)C1. The minimum atomic E-state index is 0.108. The van der Waals surface area contributed by atoms with Crippen LogP contribution in [0.1, 0.15) is 18.0 Å². The van der Waals surface area contributed by atoms with Crippen molar-refractivity contribution in [1.82, 2.24) is 4.90 Å². The van der Waals surface area contributed by atoms with E-state index in [1.165, 1.54) is 5.56 Å². The number of likely N-dealkylation sites (tertiary alicyclic amines) is 1. The van der Waals surface area contributed by atoms with E-state index in [2.05, 4.69) is 17.0 Å². The van der Waals surface area contributed by atoms with Gasteiger partial charge in [0, 0.05) is 32.8 Å². The van der Waals surface area contributed by atoms with Gasteiger partial charge in [-0.05, 0) is 12.0 Å². The van der Waals surface area contributed by atoms with E-state index < -0.39 is 0 Å². The quantitative estimate of drug-likeness (QED) is 0.833. The first-order valence-corrected chi connectivity index (χ1v) is 5.85. The van der Waals surface area contributed by atoms with Gasteiger partial charge in [-0.2, -0.15) is 0 Å². The zero-order valence-corrected chi connectivity index (χ0v) is 9.80. The van der Waals surface area contributed by atoms with E-state index in [0.29, 0.717) is 6.10 Å². The van der Waals surface area contributed by atoms with E-state index in [0.717, 1.165) is 26.1 Å². The van der Waals surface area contributed by atoms with Gasteiger partial charge in [-0.15, -0.1) is 0 Å². The minimum absolute atomic E-state index is 0.108. The Labute approximate surface area is 97.2 Å². The van der Waals surface area contributed by atoms with Crippen molar-refractivity contribution in [2.75, 3.05) is 26.7 Å². The Kier molecular flexibility index (Phi) is 3.93. The maximum absolute atomic E-state index is 6.18. The zero-order valence-electron chi connectivity index (χ0n) is 9.80. The van der Waals surface area contributed by atoms with Gasteiger partial charge in [0.25, 0.3) is 0 Å². The molecule has 2 unspecified atom stereocenters. The van der Waals surface area contributed by atoms with Crippen LogP contribution in [0.2, 0.25) is 0 Å². The smallest absolute Gasteiger partial charge is 0.0710 e. The Morgan fingerprint density at radius 3 is 2.81 bits per heavy atom. The third-order valence-electron chi connectivity index (χ3n) is 3.25. The van der Waals surface area contributed by atoms with Gasteiger partial charge >= 0.3 is 0 Å². The molecule has 16 heavy (non-hydrogen) atoms. The molecule has 2 rings (SSSR count). The molecule has 0 radical (unpaired) electrons. The average molecular weight is 220 g/mol. The summed E-state index contributed by atoms with van der Waals surface area (Å²) in [5.41, 5.74) is 7.39. The molecule has 1 fully saturated rings. The van der Waals surface area contributed by atoms with Crippen LogP contribution in [-0.2, 0) is 4.74 Å². The van der Waals surface area contributed by atoms with Crippen molar-refractivity contribution >= 4 is 0 Å². The molecular weight excluding hydrogens is 200 g/mol. The zero-order chi connectivity index (χ0) is 11.4. The number of nitrogens with zero attached hydrogens (tertiary/aromatic N) is 1. The summed E-state index contributed by atoms with van der Waals surface area (Å²) in [6.45, 7) is 3.03. The third kappa shape index (κ3) is 2.82. The van der Waals surface area contributed by atoms with Crippen LogP contribution in [0, 0.1) is 0 Å². The van der Waals surface area contributed by atoms with Gasteiger partial charge < -0.3 is 10.5 Å². The molecule has 1 saturated heterocycles. The minimum Gasteiger partial charge on any atom is -0.380 e. The lowest BCUT2D eigenvalue weighted by Gasteiger charge is -2.20. The van der Waals surface area contributed by atoms with Crippen LogP contribution in [0.3, 0.4) is 0 Å². The molecular formula is C13H20N2O. The summed E-state index contributed by atoms with van der Waals surface area (Å²) in [5.74, 6) is 0. The van der Waals surface area contributed by atoms with Gasteiger partial charge in [0.1, 0.15) is 0 Å². The van der Waals surface area contributed by atoms with Crippen LogP contribution in [-0.4, -0.2) is 37.7 Å². The second-order valence-electron chi connectivity index (χ2n) is 4.42. The Bertz CT molecular complexity index is 315. The normalized spacial score (nSPS) is 23.5. The molecule has 3 nitrogen and oxygen atoms in total. The highest BCUT2D eigenvalue weighted by molar-refractivity contribution is 5.18. The second kappa shape index (κ2) is 5.43. The van der Waals surface area contributed by atoms with Crippen molar-refractivity contribution in [3.63, 3.8) is 0 Å². The number of rotatable bonds is 4. The summed E-state index contributed by atoms with van der Waals surface area (Å²) >= 11 is 0. The predicted octanol–water partition coefficient (Wildman–Crippen LogP) is 1.41. The number of benzene rings is 1. The number of hydrogen-bond acceptors (Lipinski definition) is 3. The van der Waals surface area contributed by atoms with Crippen LogP contribution in [0.15, 0.2) is 30.3 Å². The van der Waals surface area contributed by atoms with Crippen molar-refractivity contribution in [3.05, 3.63) is 35.9 Å². The molecule has 0 saturated carbocycles. The lowest BCUT2D eigenvalue weighted by molar-refractivity contribution is 0.107. The molecule has 0 bridgehead atoms. The van der Waals surface area contributed by atoms with E-state index >= 15 is 0 Å². The van der Waals surface area contributed by atoms with Crippen LogP contribution in [0.5, 0.6) is 0 Å². The summed E-state index contributed by atoms with van der Waals surface area (Å²) in [6, 6.07) is 10.4. The van der Waals surface area contributed by atoms with Crippen molar-refractivity contribution in [2.45, 2.75) is 18.6 Å². The van der Waals surface area contributed by atoms with Crippen LogP contribution in [0.4, 0.5) is 0 Å². The highest BCUT2D eigenvalue weighted by Crippen LogP contribution is 2.16. The Hall–Kier alpha value is -0.900. The monoisotopic (exact) mass is 220 g/mol. The first-order chi connectivity index (χ1) is 7.79. The molecule has 1 aromatic carbocycles. The van der Waals surface area contributed by atoms with Crippen LogP contribution < -0.4 is 5.73 Å². The number of methoxy groups -OCH3 is 1. The molecule has 1 aliphatic heterocycles. The van der Waals surface area contributed by atoms with E-state index in [1.54, 1.807) is 7.11 Å². The molecule has 0 amide bonds. The molecule has 0 aliphatic carbocycles. The maximum atomic E-state index is 6.18. The summed E-state index contributed by atoms with van der Waals surface area (Å²) in [4.78, 5) is 2.38. The second-order valence-corrected chi connectivity index (χ2v) is 4.42. The molecule has 2 atom stereocenters. The first-order valence-electron chi connectivity index (χ1n) is 5.85. The van der Waals surface area contributed by atoms with Gasteiger partial charge in [0.15, 0.2) is 0 Å². The Morgan fingerprint density at radius 1 is 1.44 bits per heavy atom. The predicted molar refractivity (Wildman–Crippen MR) is 65.2 cm³/mol. The van der Waals surface area contributed by atoms with Crippen molar-refractivity contribution < 1.29 is 4.74 Å². The van der Waals surface area contributed by atoms with Gasteiger partial charge in [0.05, 0.1) is 6.10 Å². The molecule has 2 N–H and O–H groups in total. The van der Waals surface area contributed by atoms with E-state index in [1.807, 2.05) is 18.2 Å². The summed E-state index contributed by atoms with van der Waals surface area (Å²) in [6.07, 6.45) is 1.51. The topological polar surface area (TPSA) is 38.5 Å². The highest BCUT2D eigenvalue weighted by Gasteiger charge is 2.23. The summed E-state index contributed by atoms with van der Waals surface area (Å²) < 4.78 is 5.35. The fourth-order valence-corrected chi connectivity index (χ4v) is 2.24. The van der Waals surface area contributed by atoms with E-state index in [9.17, 15) is 0 Å². The standard InChI is InChI=1S/C13H20N2O/c1-16-12-7-8-15(9-12)10-13(14)11-5-3-2-4-6-11/h2-6,12-13H,7-10,14H2,1H3. The Morgan fingerprint density at radius 2 is 2.19 bits per heavy atom. The van der Waals surface area contributed by atoms with Gasteiger partial charge in [-0.3, -0.25) is 4.90 Å². The van der Waals surface area contributed by atoms with Gasteiger partial charge in [-0.1, -0.05) is 30.3 Å². The molecule has 1 heterocycles. The van der Waals surface area contributed by atoms with Gasteiger partial charge in [-0.25, -0.2) is 0 Å². The fraction of sp³-hybridized carbons (Fsp3) is 0.538. The lowest BCUT2D eigenvalue weighted by atomic mass is 10.1. The summed E-state index contributed by atoms with van der Waals surface area (Å²) in [7, 11) is 1.78. The van der Waals surface area contributed by atoms with Crippen LogP contribution >= 0.6 is 0 Å². The number of hydrogen-bond donors (Lipinski definition) is 1. The number of nitrogens with two attached hydrogens (primary N) is 1. The highest BCUT2D eigenvalue weighted by atomic mass is 16.5. The van der Waals surface area contributed by atoms with Crippen molar-refractivity contribution in [1.29, 1.82) is 0 Å². The first kappa shape index (κ1) is 11.6. The van der Waals surface area contributed by atoms with Crippen molar-refractivity contribution in [3.8, 4) is 0 Å². The van der Waals surface area contributed by atoms with Crippen LogP contribution in [0.25, 0.3) is 0 Å². The summed E-state index contributed by atoms with van der Waals surface area (Å²) in [5, 5.41) is 0. The molecule has 88 valence electrons. The van der Waals surface area contributed by atoms with Crippen molar-refractivity contribution in [2.24, 2.45) is 5.73 Å². The molecule has 1 aromatic rings. The van der Waals surface area contributed by atoms with E-state index in [4.69, 9.17) is 10.5 Å². The lowest BCUT2D eigenvalue weighted by Crippen LogP contribution is -2.31. The molecule has 0 aromatic heterocycles. The molecule has 0 spiro atoms. The average Bonchev–Trinajstić information content (AvgIpc) is 2.78. The fourth-order valence-electron chi connectivity index (χ4n) is 2.24. The van der Waals surface area contributed by atoms with Gasteiger partial charge in [0.2, 0.25) is 0 Å². The molecule has 1 aliphatic rings. The maximum Gasteiger partial charge on any atom is 0.0710 e. The molecule has 3 heteroatoms. The Balaban J connectivity index is 1.86. The largest absolute Gasteiger partial charge is 0.380 e. The third-order valence-corrected chi connectivity index (χ3v) is 3.25.